The lowest BCUT2D eigenvalue weighted by Crippen LogP contribution is -2.32. The minimum absolute atomic E-state index is 0.528. The van der Waals surface area contributed by atoms with Crippen molar-refractivity contribution >= 4 is 5.69 Å². The van der Waals surface area contributed by atoms with Gasteiger partial charge in [-0.3, -0.25) is 0 Å². The molecule has 1 unspecified atom stereocenters. The van der Waals surface area contributed by atoms with E-state index in [0.29, 0.717) is 17.4 Å². The van der Waals surface area contributed by atoms with E-state index in [2.05, 4.69) is 38.7 Å². The molecule has 0 aliphatic rings. The monoisotopic (exact) mass is 274 g/mol. The molecular formula is C17H26N2O. The maximum atomic E-state index is 9.98. The zero-order chi connectivity index (χ0) is 15.3. The second-order valence-electron chi connectivity index (χ2n) is 6.25. The highest BCUT2D eigenvalue weighted by Gasteiger charge is 2.17. The van der Waals surface area contributed by atoms with Crippen LogP contribution >= 0.6 is 0 Å². The molecular weight excluding hydrogens is 248 g/mol. The van der Waals surface area contributed by atoms with Crippen LogP contribution in [-0.4, -0.2) is 18.2 Å². The van der Waals surface area contributed by atoms with Crippen molar-refractivity contribution in [3.63, 3.8) is 0 Å². The summed E-state index contributed by atoms with van der Waals surface area (Å²) in [4.78, 5) is 2.29. The number of nitriles is 1. The summed E-state index contributed by atoms with van der Waals surface area (Å²) in [6, 6.07) is 7.72. The molecule has 0 radical (unpaired) electrons. The van der Waals surface area contributed by atoms with Gasteiger partial charge in [0.1, 0.15) is 0 Å². The molecule has 110 valence electrons. The maximum absolute atomic E-state index is 9.98. The highest BCUT2D eigenvalue weighted by atomic mass is 16.3. The molecule has 1 rings (SSSR count). The van der Waals surface area contributed by atoms with Gasteiger partial charge in [-0.25, -0.2) is 0 Å². The van der Waals surface area contributed by atoms with Crippen molar-refractivity contribution in [1.82, 2.24) is 0 Å². The van der Waals surface area contributed by atoms with Crippen LogP contribution in [0.25, 0.3) is 0 Å². The number of aliphatic hydroxyl groups excluding tert-OH is 1. The second-order valence-corrected chi connectivity index (χ2v) is 6.25. The fourth-order valence-corrected chi connectivity index (χ4v) is 2.39. The summed E-state index contributed by atoms with van der Waals surface area (Å²) in [6.07, 6.45) is -0.528. The minimum Gasteiger partial charge on any atom is -0.389 e. The highest BCUT2D eigenvalue weighted by molar-refractivity contribution is 5.58. The van der Waals surface area contributed by atoms with Gasteiger partial charge in [-0.1, -0.05) is 33.8 Å². The average Bonchev–Trinajstić information content (AvgIpc) is 2.36. The predicted octanol–water partition coefficient (Wildman–Crippen LogP) is 3.73. The summed E-state index contributed by atoms with van der Waals surface area (Å²) in [7, 11) is 0. The van der Waals surface area contributed by atoms with Crippen LogP contribution in [-0.2, 0) is 0 Å². The third-order valence-corrected chi connectivity index (χ3v) is 3.12. The van der Waals surface area contributed by atoms with Crippen LogP contribution < -0.4 is 4.90 Å². The van der Waals surface area contributed by atoms with E-state index >= 15 is 0 Å². The normalized spacial score (nSPS) is 12.6. The maximum Gasteiger partial charge on any atom is 0.0992 e. The number of aliphatic hydroxyl groups is 1. The third kappa shape index (κ3) is 4.54. The fraction of sp³-hybridized carbons (Fsp3) is 0.588. The first kappa shape index (κ1) is 16.5. The molecule has 0 saturated heterocycles. The number of hydrogen-bond donors (Lipinski definition) is 1. The van der Waals surface area contributed by atoms with Crippen molar-refractivity contribution in [2.75, 3.05) is 18.0 Å². The van der Waals surface area contributed by atoms with E-state index in [1.165, 1.54) is 0 Å². The van der Waals surface area contributed by atoms with E-state index in [4.69, 9.17) is 5.26 Å². The van der Waals surface area contributed by atoms with E-state index in [-0.39, 0.29) is 0 Å². The topological polar surface area (TPSA) is 47.3 Å². The number of rotatable bonds is 6. The van der Waals surface area contributed by atoms with Gasteiger partial charge < -0.3 is 10.0 Å². The predicted molar refractivity (Wildman–Crippen MR) is 83.7 cm³/mol. The lowest BCUT2D eigenvalue weighted by molar-refractivity contribution is 0.199. The molecule has 3 heteroatoms. The summed E-state index contributed by atoms with van der Waals surface area (Å²) in [5, 5.41) is 19.1. The van der Waals surface area contributed by atoms with Gasteiger partial charge in [0.15, 0.2) is 0 Å². The molecule has 0 aromatic heterocycles. The molecule has 3 nitrogen and oxygen atoms in total. The van der Waals surface area contributed by atoms with Gasteiger partial charge in [-0.2, -0.15) is 5.26 Å². The Morgan fingerprint density at radius 2 is 1.65 bits per heavy atom. The first-order valence-corrected chi connectivity index (χ1v) is 7.32. The van der Waals surface area contributed by atoms with Crippen molar-refractivity contribution in [2.45, 2.75) is 40.7 Å². The van der Waals surface area contributed by atoms with Crippen molar-refractivity contribution in [2.24, 2.45) is 11.8 Å². The van der Waals surface area contributed by atoms with Crippen molar-refractivity contribution in [1.29, 1.82) is 5.26 Å². The molecule has 0 aliphatic carbocycles. The smallest absolute Gasteiger partial charge is 0.0992 e. The number of hydrogen-bond acceptors (Lipinski definition) is 3. The minimum atomic E-state index is -0.528. The van der Waals surface area contributed by atoms with Crippen LogP contribution in [0.5, 0.6) is 0 Å². The van der Waals surface area contributed by atoms with Crippen LogP contribution in [0.2, 0.25) is 0 Å². The molecule has 0 heterocycles. The van der Waals surface area contributed by atoms with Gasteiger partial charge in [0.25, 0.3) is 0 Å². The Morgan fingerprint density at radius 1 is 1.10 bits per heavy atom. The van der Waals surface area contributed by atoms with E-state index in [1.807, 2.05) is 12.1 Å². The summed E-state index contributed by atoms with van der Waals surface area (Å²) < 4.78 is 0. The Labute approximate surface area is 122 Å². The van der Waals surface area contributed by atoms with Crippen LogP contribution in [0.15, 0.2) is 18.2 Å². The van der Waals surface area contributed by atoms with E-state index in [0.717, 1.165) is 24.3 Å². The Kier molecular flexibility index (Phi) is 6.04. The van der Waals surface area contributed by atoms with Crippen LogP contribution in [0.3, 0.4) is 0 Å². The third-order valence-electron chi connectivity index (χ3n) is 3.12. The summed E-state index contributed by atoms with van der Waals surface area (Å²) >= 11 is 0. The van der Waals surface area contributed by atoms with Gasteiger partial charge >= 0.3 is 0 Å². The number of nitrogens with zero attached hydrogens (tertiary/aromatic N) is 2. The first-order valence-electron chi connectivity index (χ1n) is 7.32. The van der Waals surface area contributed by atoms with Crippen molar-refractivity contribution < 1.29 is 5.11 Å². The van der Waals surface area contributed by atoms with E-state index in [9.17, 15) is 5.11 Å². The van der Waals surface area contributed by atoms with Crippen molar-refractivity contribution in [3.8, 4) is 6.07 Å². The summed E-state index contributed by atoms with van der Waals surface area (Å²) in [5.41, 5.74) is 2.52. The largest absolute Gasteiger partial charge is 0.389 e. The van der Waals surface area contributed by atoms with Gasteiger partial charge in [-0.05, 0) is 30.9 Å². The van der Waals surface area contributed by atoms with Crippen molar-refractivity contribution in [3.05, 3.63) is 29.3 Å². The zero-order valence-electron chi connectivity index (χ0n) is 13.2. The Morgan fingerprint density at radius 3 is 2.05 bits per heavy atom. The Balaban J connectivity index is 3.24. The Bertz CT molecular complexity index is 462. The first-order chi connectivity index (χ1) is 9.35. The molecule has 1 aromatic rings. The number of anilines is 1. The number of benzene rings is 1. The highest BCUT2D eigenvalue weighted by Crippen LogP contribution is 2.29. The van der Waals surface area contributed by atoms with Gasteiger partial charge in [0.05, 0.1) is 17.7 Å². The van der Waals surface area contributed by atoms with E-state index < -0.39 is 6.10 Å². The van der Waals surface area contributed by atoms with Crippen LogP contribution in [0.4, 0.5) is 5.69 Å². The fourth-order valence-electron chi connectivity index (χ4n) is 2.39. The van der Waals surface area contributed by atoms with Crippen LogP contribution in [0, 0.1) is 23.2 Å². The second kappa shape index (κ2) is 7.31. The SMILES string of the molecule is CC(C)CN(CC(C)C)c1cc(C#N)ccc1C(C)O. The van der Waals surface area contributed by atoms with Gasteiger partial charge in [-0.15, -0.1) is 0 Å². The molecule has 0 fully saturated rings. The Hall–Kier alpha value is -1.53. The molecule has 1 atom stereocenters. The molecule has 0 amide bonds. The quantitative estimate of drug-likeness (QED) is 0.859. The lowest BCUT2D eigenvalue weighted by atomic mass is 10.0. The van der Waals surface area contributed by atoms with Gasteiger partial charge in [0, 0.05) is 24.3 Å². The molecule has 0 saturated carbocycles. The lowest BCUT2D eigenvalue weighted by Gasteiger charge is -2.31. The zero-order valence-corrected chi connectivity index (χ0v) is 13.2. The molecule has 0 aliphatic heterocycles. The average molecular weight is 274 g/mol. The van der Waals surface area contributed by atoms with Crippen LogP contribution in [0.1, 0.15) is 51.8 Å². The summed E-state index contributed by atoms with van der Waals surface area (Å²) in [5.74, 6) is 1.06. The molecule has 1 aromatic carbocycles. The molecule has 0 spiro atoms. The molecule has 1 N–H and O–H groups in total. The molecule has 0 bridgehead atoms. The molecule has 20 heavy (non-hydrogen) atoms. The summed E-state index contributed by atoms with van der Waals surface area (Å²) in [6.45, 7) is 12.4. The van der Waals surface area contributed by atoms with Gasteiger partial charge in [0.2, 0.25) is 0 Å². The van der Waals surface area contributed by atoms with E-state index in [1.54, 1.807) is 13.0 Å². The standard InChI is InChI=1S/C17H26N2O/c1-12(2)10-19(11-13(3)4)17-8-15(9-18)6-7-16(17)14(5)20/h6-8,12-14,20H,10-11H2,1-5H3.